The highest BCUT2D eigenvalue weighted by atomic mass is 19.1. The van der Waals surface area contributed by atoms with Crippen LogP contribution in [0, 0.1) is 5.82 Å². The summed E-state index contributed by atoms with van der Waals surface area (Å²) in [6, 6.07) is 5.58. The second-order valence-corrected chi connectivity index (χ2v) is 4.35. The second-order valence-electron chi connectivity index (χ2n) is 4.35. The molecule has 0 aliphatic rings. The van der Waals surface area contributed by atoms with Gasteiger partial charge in [-0.1, -0.05) is 19.1 Å². The molecule has 0 fully saturated rings. The van der Waals surface area contributed by atoms with Crippen LogP contribution in [-0.4, -0.2) is 41.6 Å². The molecule has 1 atom stereocenters. The zero-order chi connectivity index (χ0) is 15.1. The number of methoxy groups -OCH3 is 1. The molecule has 1 unspecified atom stereocenters. The molecule has 1 amide bonds. The van der Waals surface area contributed by atoms with Crippen LogP contribution in [0.2, 0.25) is 0 Å². The van der Waals surface area contributed by atoms with Gasteiger partial charge in [0.1, 0.15) is 18.5 Å². The number of nitrogens with zero attached hydrogens (tertiary/aromatic N) is 1. The van der Waals surface area contributed by atoms with Crippen LogP contribution in [0.3, 0.4) is 0 Å². The molecule has 1 N–H and O–H groups in total. The highest BCUT2D eigenvalue weighted by Gasteiger charge is 2.24. The minimum Gasteiger partial charge on any atom is -0.480 e. The highest BCUT2D eigenvalue weighted by Crippen LogP contribution is 2.10. The van der Waals surface area contributed by atoms with E-state index >= 15 is 0 Å². The number of ether oxygens (including phenoxy) is 1. The fourth-order valence-electron chi connectivity index (χ4n) is 1.83. The third kappa shape index (κ3) is 4.62. The monoisotopic (exact) mass is 283 g/mol. The molecule has 0 saturated carbocycles. The molecule has 0 spiro atoms. The predicted octanol–water partition coefficient (Wildman–Crippen LogP) is 1.66. The van der Waals surface area contributed by atoms with Crippen molar-refractivity contribution in [3.8, 4) is 0 Å². The molecule has 0 bridgehead atoms. The fraction of sp³-hybridized carbons (Fsp3) is 0.429. The molecule has 0 saturated heterocycles. The molecule has 6 heteroatoms. The van der Waals surface area contributed by atoms with Crippen LogP contribution in [0.4, 0.5) is 4.39 Å². The molecule has 0 aliphatic carbocycles. The highest BCUT2D eigenvalue weighted by molar-refractivity contribution is 5.84. The van der Waals surface area contributed by atoms with Gasteiger partial charge in [0.2, 0.25) is 0 Å². The Labute approximate surface area is 117 Å². The van der Waals surface area contributed by atoms with Gasteiger partial charge in [0.05, 0.1) is 0 Å². The quantitative estimate of drug-likeness (QED) is 0.826. The average molecular weight is 283 g/mol. The zero-order valence-corrected chi connectivity index (χ0v) is 11.5. The van der Waals surface area contributed by atoms with Gasteiger partial charge in [-0.25, -0.2) is 4.39 Å². The summed E-state index contributed by atoms with van der Waals surface area (Å²) in [7, 11) is 1.41. The van der Waals surface area contributed by atoms with Crippen LogP contribution in [0.1, 0.15) is 18.9 Å². The minimum atomic E-state index is -1.11. The largest absolute Gasteiger partial charge is 0.480 e. The number of carbonyl (C=O) groups is 2. The Balaban J connectivity index is 2.85. The van der Waals surface area contributed by atoms with Gasteiger partial charge in [-0.3, -0.25) is 9.59 Å². The molecule has 1 aromatic rings. The molecular formula is C14H18FNO4. The molecule has 1 rings (SSSR count). The number of aliphatic carboxylic acids is 1. The molecule has 0 aliphatic heterocycles. The normalized spacial score (nSPS) is 11.9. The summed E-state index contributed by atoms with van der Waals surface area (Å²) in [6.45, 7) is 1.46. The van der Waals surface area contributed by atoms with Crippen molar-refractivity contribution in [1.82, 2.24) is 4.90 Å². The van der Waals surface area contributed by atoms with Gasteiger partial charge in [0, 0.05) is 13.7 Å². The van der Waals surface area contributed by atoms with Crippen molar-refractivity contribution in [3.63, 3.8) is 0 Å². The summed E-state index contributed by atoms with van der Waals surface area (Å²) < 4.78 is 17.9. The topological polar surface area (TPSA) is 66.8 Å². The third-order valence-electron chi connectivity index (χ3n) is 2.86. The molecule has 0 heterocycles. The van der Waals surface area contributed by atoms with Crippen LogP contribution >= 0.6 is 0 Å². The first-order valence-electron chi connectivity index (χ1n) is 6.25. The Hall–Kier alpha value is -1.95. The first kappa shape index (κ1) is 16.1. The fourth-order valence-corrected chi connectivity index (χ4v) is 1.83. The van der Waals surface area contributed by atoms with Gasteiger partial charge in [0.15, 0.2) is 0 Å². The first-order chi connectivity index (χ1) is 9.47. The van der Waals surface area contributed by atoms with Gasteiger partial charge >= 0.3 is 5.97 Å². The van der Waals surface area contributed by atoms with Crippen LogP contribution in [0.5, 0.6) is 0 Å². The van der Waals surface area contributed by atoms with Crippen LogP contribution < -0.4 is 0 Å². The second kappa shape index (κ2) is 7.59. The van der Waals surface area contributed by atoms with Crippen molar-refractivity contribution in [2.45, 2.75) is 26.0 Å². The van der Waals surface area contributed by atoms with E-state index in [-0.39, 0.29) is 18.3 Å². The van der Waals surface area contributed by atoms with Crippen LogP contribution in [-0.2, 0) is 20.9 Å². The Morgan fingerprint density at radius 1 is 1.35 bits per heavy atom. The van der Waals surface area contributed by atoms with E-state index in [0.717, 1.165) is 0 Å². The van der Waals surface area contributed by atoms with E-state index in [2.05, 4.69) is 0 Å². The molecular weight excluding hydrogens is 265 g/mol. The van der Waals surface area contributed by atoms with E-state index in [0.29, 0.717) is 12.0 Å². The van der Waals surface area contributed by atoms with Crippen molar-refractivity contribution >= 4 is 11.9 Å². The maximum Gasteiger partial charge on any atom is 0.323 e. The van der Waals surface area contributed by atoms with Crippen molar-refractivity contribution in [3.05, 3.63) is 35.6 Å². The van der Waals surface area contributed by atoms with E-state index in [1.165, 1.54) is 36.3 Å². The van der Waals surface area contributed by atoms with Gasteiger partial charge in [0.25, 0.3) is 5.91 Å². The number of carboxylic acids is 1. The van der Waals surface area contributed by atoms with Gasteiger partial charge in [-0.15, -0.1) is 0 Å². The Bertz CT molecular complexity index is 457. The number of hydrogen-bond acceptors (Lipinski definition) is 3. The standard InChI is InChI=1S/C14H18FNO4/c1-3-12(20-2)14(19)16(9-13(17)18)8-10-4-6-11(15)7-5-10/h4-7,12H,3,8-9H2,1-2H3,(H,17,18). The Morgan fingerprint density at radius 2 is 1.95 bits per heavy atom. The molecule has 0 radical (unpaired) electrons. The smallest absolute Gasteiger partial charge is 0.323 e. The lowest BCUT2D eigenvalue weighted by Crippen LogP contribution is -2.42. The number of carbonyl (C=O) groups excluding carboxylic acids is 1. The Kier molecular flexibility index (Phi) is 6.11. The number of carboxylic acid groups (broad SMARTS) is 1. The number of amides is 1. The summed E-state index contributed by atoms with van der Waals surface area (Å²) in [6.07, 6.45) is -0.218. The van der Waals surface area contributed by atoms with Crippen molar-refractivity contribution in [1.29, 1.82) is 0 Å². The van der Waals surface area contributed by atoms with Crippen LogP contribution in [0.15, 0.2) is 24.3 Å². The first-order valence-corrected chi connectivity index (χ1v) is 6.25. The van der Waals surface area contributed by atoms with Gasteiger partial charge in [-0.05, 0) is 24.1 Å². The van der Waals surface area contributed by atoms with Crippen molar-refractivity contribution in [2.24, 2.45) is 0 Å². The summed E-state index contributed by atoms with van der Waals surface area (Å²) >= 11 is 0. The van der Waals surface area contributed by atoms with Gasteiger partial charge in [-0.2, -0.15) is 0 Å². The maximum absolute atomic E-state index is 12.8. The average Bonchev–Trinajstić information content (AvgIpc) is 2.41. The zero-order valence-electron chi connectivity index (χ0n) is 11.5. The third-order valence-corrected chi connectivity index (χ3v) is 2.86. The summed E-state index contributed by atoms with van der Waals surface area (Å²) in [5, 5.41) is 8.89. The van der Waals surface area contributed by atoms with E-state index < -0.39 is 18.6 Å². The van der Waals surface area contributed by atoms with E-state index in [1.807, 2.05) is 0 Å². The molecule has 20 heavy (non-hydrogen) atoms. The van der Waals surface area contributed by atoms with Crippen LogP contribution in [0.25, 0.3) is 0 Å². The lowest BCUT2D eigenvalue weighted by molar-refractivity contribution is -0.150. The Morgan fingerprint density at radius 3 is 2.40 bits per heavy atom. The molecule has 0 aromatic heterocycles. The summed E-state index contributed by atoms with van der Waals surface area (Å²) in [5.74, 6) is -1.87. The predicted molar refractivity (Wildman–Crippen MR) is 70.5 cm³/mol. The summed E-state index contributed by atoms with van der Waals surface area (Å²) in [5.41, 5.74) is 0.659. The number of hydrogen-bond donors (Lipinski definition) is 1. The number of rotatable bonds is 7. The van der Waals surface area contributed by atoms with E-state index in [9.17, 15) is 14.0 Å². The van der Waals surface area contributed by atoms with E-state index in [4.69, 9.17) is 9.84 Å². The van der Waals surface area contributed by atoms with Crippen molar-refractivity contribution < 1.29 is 23.8 Å². The molecule has 1 aromatic carbocycles. The maximum atomic E-state index is 12.8. The summed E-state index contributed by atoms with van der Waals surface area (Å²) in [4.78, 5) is 24.2. The SMILES string of the molecule is CCC(OC)C(=O)N(CC(=O)O)Cc1ccc(F)cc1. The number of benzene rings is 1. The number of halogens is 1. The lowest BCUT2D eigenvalue weighted by atomic mass is 10.1. The molecule has 110 valence electrons. The lowest BCUT2D eigenvalue weighted by Gasteiger charge is -2.24. The van der Waals surface area contributed by atoms with E-state index in [1.54, 1.807) is 6.92 Å². The van der Waals surface area contributed by atoms with Crippen molar-refractivity contribution in [2.75, 3.05) is 13.7 Å². The molecule has 5 nitrogen and oxygen atoms in total. The minimum absolute atomic E-state index is 0.102. The van der Waals surface area contributed by atoms with Gasteiger partial charge < -0.3 is 14.7 Å².